The molecule has 4 rings (SSSR count). The molecule has 0 unspecified atom stereocenters. The minimum atomic E-state index is -0.290. The molecule has 0 bridgehead atoms. The Hall–Kier alpha value is -3.45. The number of halogens is 2. The molecule has 0 aliphatic rings. The van der Waals surface area contributed by atoms with E-state index in [-0.39, 0.29) is 11.7 Å². The smallest absolute Gasteiger partial charge is 0.222 e. The first-order chi connectivity index (χ1) is 16.0. The largest absolute Gasteiger partial charge is 0.441 e. The average Bonchev–Trinajstić information content (AvgIpc) is 3.48. The van der Waals surface area contributed by atoms with Crippen molar-refractivity contribution in [2.45, 2.75) is 25.7 Å². The number of rotatable bonds is 9. The van der Waals surface area contributed by atoms with Crippen LogP contribution in [0, 0.1) is 5.82 Å². The van der Waals surface area contributed by atoms with Gasteiger partial charge in [0.2, 0.25) is 5.91 Å². The average molecular weight is 467 g/mol. The zero-order valence-electron chi connectivity index (χ0n) is 18.2. The topological polar surface area (TPSA) is 75.0 Å². The zero-order valence-corrected chi connectivity index (χ0v) is 19.0. The Kier molecular flexibility index (Phi) is 7.19. The highest BCUT2D eigenvalue weighted by atomic mass is 35.5. The van der Waals surface area contributed by atoms with E-state index in [1.165, 1.54) is 12.1 Å². The molecular weight excluding hydrogens is 443 g/mol. The van der Waals surface area contributed by atoms with Crippen molar-refractivity contribution in [3.8, 4) is 22.6 Å². The standard InChI is InChI=1S/C25H24ClFN4O2/c1-31(13-5-8-19-15-22(30-29-19)17-6-4-7-18(27)14-17)25(32)12-11-24-28-16-23(33-24)20-9-2-3-10-21(20)26/h2-4,6-7,9-10,14-16H,5,8,11-13H2,1H3,(H,29,30). The molecule has 0 aliphatic heterocycles. The predicted octanol–water partition coefficient (Wildman–Crippen LogP) is 5.55. The number of carbonyl (C=O) groups excluding carboxylic acids is 1. The monoisotopic (exact) mass is 466 g/mol. The van der Waals surface area contributed by atoms with Crippen LogP contribution >= 0.6 is 11.6 Å². The Balaban J connectivity index is 1.22. The summed E-state index contributed by atoms with van der Waals surface area (Å²) in [6.45, 7) is 0.615. The minimum Gasteiger partial charge on any atom is -0.441 e. The fraction of sp³-hybridized carbons (Fsp3) is 0.240. The third kappa shape index (κ3) is 5.87. The maximum Gasteiger partial charge on any atom is 0.222 e. The molecule has 6 nitrogen and oxygen atoms in total. The van der Waals surface area contributed by atoms with Gasteiger partial charge in [0.1, 0.15) is 5.82 Å². The van der Waals surface area contributed by atoms with E-state index in [4.69, 9.17) is 16.0 Å². The van der Waals surface area contributed by atoms with Crippen molar-refractivity contribution < 1.29 is 13.6 Å². The Bertz CT molecular complexity index is 1240. The fourth-order valence-electron chi connectivity index (χ4n) is 3.53. The van der Waals surface area contributed by atoms with Gasteiger partial charge in [0.25, 0.3) is 0 Å². The second kappa shape index (κ2) is 10.4. The van der Waals surface area contributed by atoms with Crippen molar-refractivity contribution in [3.05, 3.63) is 83.2 Å². The summed E-state index contributed by atoms with van der Waals surface area (Å²) in [6, 6.07) is 15.7. The number of aromatic nitrogens is 3. The molecule has 0 saturated carbocycles. The molecule has 0 radical (unpaired) electrons. The number of hydrogen-bond acceptors (Lipinski definition) is 4. The van der Waals surface area contributed by atoms with Gasteiger partial charge in [0, 0.05) is 43.3 Å². The molecule has 1 N–H and O–H groups in total. The molecule has 2 aromatic heterocycles. The van der Waals surface area contributed by atoms with E-state index in [0.29, 0.717) is 41.8 Å². The van der Waals surface area contributed by atoms with Crippen LogP contribution < -0.4 is 0 Å². The molecule has 33 heavy (non-hydrogen) atoms. The highest BCUT2D eigenvalue weighted by molar-refractivity contribution is 6.33. The molecule has 2 aromatic carbocycles. The Morgan fingerprint density at radius 2 is 2.00 bits per heavy atom. The SMILES string of the molecule is CN(CCCc1cc(-c2cccc(F)c2)n[nH]1)C(=O)CCc1ncc(-c2ccccc2Cl)o1. The number of H-pyrrole nitrogens is 1. The zero-order chi connectivity index (χ0) is 23.2. The Morgan fingerprint density at radius 1 is 1.15 bits per heavy atom. The van der Waals surface area contributed by atoms with E-state index in [2.05, 4.69) is 15.2 Å². The fourth-order valence-corrected chi connectivity index (χ4v) is 3.76. The lowest BCUT2D eigenvalue weighted by Crippen LogP contribution is -2.28. The maximum absolute atomic E-state index is 13.4. The summed E-state index contributed by atoms with van der Waals surface area (Å²) in [5.74, 6) is 0.835. The molecule has 8 heteroatoms. The highest BCUT2D eigenvalue weighted by Gasteiger charge is 2.14. The van der Waals surface area contributed by atoms with Crippen LogP contribution in [0.4, 0.5) is 4.39 Å². The van der Waals surface area contributed by atoms with Crippen molar-refractivity contribution in [1.82, 2.24) is 20.1 Å². The van der Waals surface area contributed by atoms with Gasteiger partial charge in [-0.15, -0.1) is 0 Å². The molecule has 2 heterocycles. The van der Waals surface area contributed by atoms with Crippen molar-refractivity contribution in [2.75, 3.05) is 13.6 Å². The van der Waals surface area contributed by atoms with Crippen molar-refractivity contribution >= 4 is 17.5 Å². The summed E-state index contributed by atoms with van der Waals surface area (Å²) in [5.41, 5.74) is 3.16. The van der Waals surface area contributed by atoms with Crippen LogP contribution in [0.2, 0.25) is 5.02 Å². The lowest BCUT2D eigenvalue weighted by Gasteiger charge is -2.16. The molecule has 0 saturated heterocycles. The summed E-state index contributed by atoms with van der Waals surface area (Å²) in [5, 5.41) is 7.84. The van der Waals surface area contributed by atoms with E-state index < -0.39 is 0 Å². The Morgan fingerprint density at radius 3 is 2.82 bits per heavy atom. The molecule has 1 amide bonds. The number of carbonyl (C=O) groups is 1. The summed E-state index contributed by atoms with van der Waals surface area (Å²) >= 11 is 6.20. The van der Waals surface area contributed by atoms with Crippen molar-refractivity contribution in [3.63, 3.8) is 0 Å². The molecule has 0 atom stereocenters. The first-order valence-corrected chi connectivity index (χ1v) is 11.1. The van der Waals surface area contributed by atoms with Crippen molar-refractivity contribution in [1.29, 1.82) is 0 Å². The lowest BCUT2D eigenvalue weighted by molar-refractivity contribution is -0.130. The van der Waals surface area contributed by atoms with Crippen LogP contribution in [0.3, 0.4) is 0 Å². The molecular formula is C25H24ClFN4O2. The van der Waals surface area contributed by atoms with Gasteiger partial charge in [-0.05, 0) is 43.2 Å². The minimum absolute atomic E-state index is 0.0255. The van der Waals surface area contributed by atoms with Gasteiger partial charge in [-0.25, -0.2) is 9.37 Å². The second-order valence-electron chi connectivity index (χ2n) is 7.81. The summed E-state index contributed by atoms with van der Waals surface area (Å²) in [7, 11) is 1.79. The van der Waals surface area contributed by atoms with Crippen LogP contribution in [0.15, 0.2) is 65.2 Å². The number of aryl methyl sites for hydroxylation is 2. The van der Waals surface area contributed by atoms with E-state index in [1.807, 2.05) is 30.3 Å². The van der Waals surface area contributed by atoms with Crippen molar-refractivity contribution in [2.24, 2.45) is 0 Å². The lowest BCUT2D eigenvalue weighted by atomic mass is 10.1. The quantitative estimate of drug-likeness (QED) is 0.351. The van der Waals surface area contributed by atoms with Crippen LogP contribution in [0.25, 0.3) is 22.6 Å². The second-order valence-corrected chi connectivity index (χ2v) is 8.21. The first kappa shape index (κ1) is 22.7. The van der Waals surface area contributed by atoms with Gasteiger partial charge in [-0.2, -0.15) is 5.10 Å². The van der Waals surface area contributed by atoms with E-state index in [1.54, 1.807) is 30.3 Å². The van der Waals surface area contributed by atoms with Gasteiger partial charge in [0.05, 0.1) is 16.9 Å². The number of nitrogens with one attached hydrogen (secondary N) is 1. The van der Waals surface area contributed by atoms with Gasteiger partial charge in [-0.3, -0.25) is 9.89 Å². The summed E-state index contributed by atoms with van der Waals surface area (Å²) in [6.07, 6.45) is 3.88. The molecule has 0 aliphatic carbocycles. The molecule has 0 spiro atoms. The third-order valence-electron chi connectivity index (χ3n) is 5.36. The normalized spacial score (nSPS) is 11.0. The number of hydrogen-bond donors (Lipinski definition) is 1. The van der Waals surface area contributed by atoms with Crippen LogP contribution in [0.1, 0.15) is 24.4 Å². The molecule has 170 valence electrons. The summed E-state index contributed by atoms with van der Waals surface area (Å²) < 4.78 is 19.2. The predicted molar refractivity (Wildman–Crippen MR) is 125 cm³/mol. The Labute approximate surface area is 196 Å². The highest BCUT2D eigenvalue weighted by Crippen LogP contribution is 2.28. The van der Waals surface area contributed by atoms with E-state index in [0.717, 1.165) is 29.7 Å². The van der Waals surface area contributed by atoms with Gasteiger partial charge in [0.15, 0.2) is 11.7 Å². The number of amides is 1. The van der Waals surface area contributed by atoms with E-state index in [9.17, 15) is 9.18 Å². The number of benzene rings is 2. The summed E-state index contributed by atoms with van der Waals surface area (Å²) in [4.78, 5) is 18.5. The number of aromatic amines is 1. The van der Waals surface area contributed by atoms with Crippen LogP contribution in [0.5, 0.6) is 0 Å². The molecule has 0 fully saturated rings. The van der Waals surface area contributed by atoms with Gasteiger partial charge < -0.3 is 9.32 Å². The first-order valence-electron chi connectivity index (χ1n) is 10.7. The molecule has 4 aromatic rings. The van der Waals surface area contributed by atoms with E-state index >= 15 is 0 Å². The maximum atomic E-state index is 13.4. The third-order valence-corrected chi connectivity index (χ3v) is 5.69. The van der Waals surface area contributed by atoms with Gasteiger partial charge >= 0.3 is 0 Å². The number of nitrogens with zero attached hydrogens (tertiary/aromatic N) is 3. The van der Waals surface area contributed by atoms with Crippen LogP contribution in [-0.4, -0.2) is 39.6 Å². The number of oxazole rings is 1. The van der Waals surface area contributed by atoms with Crippen LogP contribution in [-0.2, 0) is 17.6 Å². The van der Waals surface area contributed by atoms with Gasteiger partial charge in [-0.1, -0.05) is 35.9 Å².